The molecule has 1 aliphatic carbocycles. The van der Waals surface area contributed by atoms with Crippen molar-refractivity contribution in [1.29, 1.82) is 0 Å². The Balaban J connectivity index is 1.68. The standard InChI is InChI=1S/C25H34N4O4/c1-6-33-18-11-10-16(13-19(18)32-5)21-20-15(3)28-29(4)23(20)27-25(31)22(21)26-24(30)17-9-7-8-14(2)12-17/h7-9,12,16,18-19,21-22H,6,10-11,13H2,1-5H3,(H,26,30)(H,27,31)/t16-,18?,19?,21-,22+/m1/s1. The molecule has 8 heteroatoms. The molecule has 2 amide bonds. The maximum absolute atomic E-state index is 13.3. The zero-order valence-electron chi connectivity index (χ0n) is 20.1. The molecule has 0 bridgehead atoms. The van der Waals surface area contributed by atoms with E-state index in [1.807, 2.05) is 46.0 Å². The number of amides is 2. The van der Waals surface area contributed by atoms with Gasteiger partial charge in [-0.1, -0.05) is 17.7 Å². The van der Waals surface area contributed by atoms with Crippen molar-refractivity contribution in [2.45, 2.75) is 64.2 Å². The molecular formula is C25H34N4O4. The van der Waals surface area contributed by atoms with Crippen LogP contribution in [-0.4, -0.2) is 53.6 Å². The fourth-order valence-corrected chi connectivity index (χ4v) is 5.53. The van der Waals surface area contributed by atoms with E-state index in [4.69, 9.17) is 9.47 Å². The van der Waals surface area contributed by atoms with Crippen LogP contribution in [0.4, 0.5) is 5.82 Å². The summed E-state index contributed by atoms with van der Waals surface area (Å²) in [6, 6.07) is 6.71. The molecule has 1 aliphatic heterocycles. The first kappa shape index (κ1) is 23.4. The van der Waals surface area contributed by atoms with Crippen molar-refractivity contribution in [2.75, 3.05) is 19.0 Å². The first-order valence-corrected chi connectivity index (χ1v) is 11.7. The van der Waals surface area contributed by atoms with Crippen LogP contribution in [0.25, 0.3) is 0 Å². The fraction of sp³-hybridized carbons (Fsp3) is 0.560. The lowest BCUT2D eigenvalue weighted by Gasteiger charge is -2.42. The Morgan fingerprint density at radius 1 is 1.27 bits per heavy atom. The zero-order valence-corrected chi connectivity index (χ0v) is 20.1. The Labute approximate surface area is 195 Å². The van der Waals surface area contributed by atoms with Crippen LogP contribution in [0.3, 0.4) is 0 Å². The van der Waals surface area contributed by atoms with Gasteiger partial charge in [0.25, 0.3) is 5.91 Å². The van der Waals surface area contributed by atoms with E-state index in [1.54, 1.807) is 17.9 Å². The highest BCUT2D eigenvalue weighted by atomic mass is 16.5. The molecule has 8 nitrogen and oxygen atoms in total. The Hall–Kier alpha value is -2.71. The zero-order chi connectivity index (χ0) is 23.7. The van der Waals surface area contributed by atoms with Gasteiger partial charge in [-0.3, -0.25) is 14.3 Å². The number of benzene rings is 1. The van der Waals surface area contributed by atoms with E-state index in [9.17, 15) is 9.59 Å². The summed E-state index contributed by atoms with van der Waals surface area (Å²) in [5.41, 5.74) is 3.41. The molecular weight excluding hydrogens is 420 g/mol. The lowest BCUT2D eigenvalue weighted by atomic mass is 9.70. The summed E-state index contributed by atoms with van der Waals surface area (Å²) in [6.07, 6.45) is 2.48. The summed E-state index contributed by atoms with van der Waals surface area (Å²) in [7, 11) is 3.54. The molecule has 2 aliphatic rings. The SMILES string of the molecule is CCOC1CC[C@@H]([C@@H]2c3c(C)nn(C)c3NC(=O)[C@H]2NC(=O)c2cccc(C)c2)CC1OC. The number of anilines is 1. The number of nitrogens with one attached hydrogen (secondary N) is 2. The Kier molecular flexibility index (Phi) is 6.86. The van der Waals surface area contributed by atoms with Crippen LogP contribution in [0, 0.1) is 19.8 Å². The van der Waals surface area contributed by atoms with E-state index < -0.39 is 6.04 Å². The molecule has 0 spiro atoms. The third kappa shape index (κ3) is 4.54. The number of ether oxygens (including phenoxy) is 2. The normalized spacial score (nSPS) is 27.1. The largest absolute Gasteiger partial charge is 0.379 e. The van der Waals surface area contributed by atoms with Crippen LogP contribution in [0.2, 0.25) is 0 Å². The number of carbonyl (C=O) groups is 2. The van der Waals surface area contributed by atoms with Gasteiger partial charge in [-0.25, -0.2) is 0 Å². The van der Waals surface area contributed by atoms with Gasteiger partial charge in [0.15, 0.2) is 0 Å². The number of fused-ring (bicyclic) bond motifs is 1. The van der Waals surface area contributed by atoms with Crippen LogP contribution in [-0.2, 0) is 21.3 Å². The van der Waals surface area contributed by atoms with Crippen molar-refractivity contribution in [1.82, 2.24) is 15.1 Å². The highest BCUT2D eigenvalue weighted by Gasteiger charge is 2.46. The predicted molar refractivity (Wildman–Crippen MR) is 125 cm³/mol. The van der Waals surface area contributed by atoms with Crippen molar-refractivity contribution < 1.29 is 19.1 Å². The molecule has 1 aromatic heterocycles. The molecule has 2 aromatic rings. The number of hydrogen-bond donors (Lipinski definition) is 2. The van der Waals surface area contributed by atoms with E-state index in [0.29, 0.717) is 18.0 Å². The number of methoxy groups -OCH3 is 1. The van der Waals surface area contributed by atoms with Gasteiger partial charge in [0.1, 0.15) is 11.9 Å². The van der Waals surface area contributed by atoms with Crippen LogP contribution >= 0.6 is 0 Å². The van der Waals surface area contributed by atoms with Gasteiger partial charge in [0.05, 0.1) is 17.9 Å². The maximum atomic E-state index is 13.3. The third-order valence-corrected chi connectivity index (χ3v) is 7.01. The van der Waals surface area contributed by atoms with Crippen molar-refractivity contribution in [3.8, 4) is 0 Å². The quantitative estimate of drug-likeness (QED) is 0.700. The minimum atomic E-state index is -0.695. The van der Waals surface area contributed by atoms with Gasteiger partial charge in [-0.2, -0.15) is 5.10 Å². The lowest BCUT2D eigenvalue weighted by molar-refractivity contribution is -0.120. The first-order valence-electron chi connectivity index (χ1n) is 11.7. The van der Waals surface area contributed by atoms with E-state index >= 15 is 0 Å². The topological polar surface area (TPSA) is 94.5 Å². The fourth-order valence-electron chi connectivity index (χ4n) is 5.53. The van der Waals surface area contributed by atoms with Gasteiger partial charge in [-0.05, 0) is 58.1 Å². The second-order valence-corrected chi connectivity index (χ2v) is 9.15. The van der Waals surface area contributed by atoms with Crippen molar-refractivity contribution in [3.05, 3.63) is 46.6 Å². The minimum absolute atomic E-state index is 0.0449. The van der Waals surface area contributed by atoms with Gasteiger partial charge in [-0.15, -0.1) is 0 Å². The summed E-state index contributed by atoms with van der Waals surface area (Å²) in [6.45, 7) is 6.54. The van der Waals surface area contributed by atoms with E-state index in [1.165, 1.54) is 0 Å². The monoisotopic (exact) mass is 454 g/mol. The van der Waals surface area contributed by atoms with Crippen LogP contribution in [0.5, 0.6) is 0 Å². The highest BCUT2D eigenvalue weighted by Crippen LogP contribution is 2.45. The number of hydrogen-bond acceptors (Lipinski definition) is 5. The third-order valence-electron chi connectivity index (χ3n) is 7.01. The Morgan fingerprint density at radius 3 is 2.76 bits per heavy atom. The average molecular weight is 455 g/mol. The molecule has 1 saturated carbocycles. The number of aromatic nitrogens is 2. The Morgan fingerprint density at radius 2 is 2.06 bits per heavy atom. The number of aryl methyl sites for hydroxylation is 3. The average Bonchev–Trinajstić information content (AvgIpc) is 3.07. The molecule has 4 rings (SSSR count). The van der Waals surface area contributed by atoms with Gasteiger partial charge < -0.3 is 20.1 Å². The second kappa shape index (κ2) is 9.65. The summed E-state index contributed by atoms with van der Waals surface area (Å²) in [4.78, 5) is 26.4. The summed E-state index contributed by atoms with van der Waals surface area (Å²) in [5.74, 6) is 0.195. The number of nitrogens with zero attached hydrogens (tertiary/aromatic N) is 2. The van der Waals surface area contributed by atoms with Gasteiger partial charge >= 0.3 is 0 Å². The summed E-state index contributed by atoms with van der Waals surface area (Å²) >= 11 is 0. The molecule has 1 aromatic carbocycles. The van der Waals surface area contributed by atoms with Gasteiger partial charge in [0.2, 0.25) is 5.91 Å². The lowest BCUT2D eigenvalue weighted by Crippen LogP contribution is -2.53. The number of carbonyl (C=O) groups excluding carboxylic acids is 2. The van der Waals surface area contributed by atoms with Crippen LogP contribution in [0.15, 0.2) is 24.3 Å². The van der Waals surface area contributed by atoms with Crippen LogP contribution < -0.4 is 10.6 Å². The molecule has 33 heavy (non-hydrogen) atoms. The maximum Gasteiger partial charge on any atom is 0.251 e. The molecule has 2 unspecified atom stereocenters. The molecule has 5 atom stereocenters. The summed E-state index contributed by atoms with van der Waals surface area (Å²) in [5, 5.41) is 10.6. The molecule has 1 fully saturated rings. The van der Waals surface area contributed by atoms with E-state index in [0.717, 1.165) is 36.1 Å². The second-order valence-electron chi connectivity index (χ2n) is 9.15. The van der Waals surface area contributed by atoms with E-state index in [2.05, 4.69) is 15.7 Å². The predicted octanol–water partition coefficient (Wildman–Crippen LogP) is 3.09. The smallest absolute Gasteiger partial charge is 0.251 e. The van der Waals surface area contributed by atoms with Crippen molar-refractivity contribution in [2.24, 2.45) is 13.0 Å². The van der Waals surface area contributed by atoms with Crippen molar-refractivity contribution >= 4 is 17.6 Å². The molecule has 0 radical (unpaired) electrons. The number of rotatable bonds is 6. The molecule has 2 N–H and O–H groups in total. The Bertz CT molecular complexity index is 1030. The van der Waals surface area contributed by atoms with Crippen molar-refractivity contribution in [3.63, 3.8) is 0 Å². The van der Waals surface area contributed by atoms with Gasteiger partial charge in [0, 0.05) is 37.8 Å². The molecule has 2 heterocycles. The van der Waals surface area contributed by atoms with E-state index in [-0.39, 0.29) is 35.9 Å². The molecule has 178 valence electrons. The van der Waals surface area contributed by atoms with Crippen LogP contribution in [0.1, 0.15) is 59.3 Å². The first-order chi connectivity index (χ1) is 15.8. The highest BCUT2D eigenvalue weighted by molar-refractivity contribution is 6.03. The summed E-state index contributed by atoms with van der Waals surface area (Å²) < 4.78 is 13.4. The minimum Gasteiger partial charge on any atom is -0.379 e. The molecule has 0 saturated heterocycles.